The molecule has 41 heavy (non-hydrogen) atoms. The van der Waals surface area contributed by atoms with E-state index in [2.05, 4.69) is 15.2 Å². The predicted molar refractivity (Wildman–Crippen MR) is 157 cm³/mol. The average molecular weight is 607 g/mol. The van der Waals surface area contributed by atoms with Crippen molar-refractivity contribution in [2.75, 3.05) is 42.6 Å². The van der Waals surface area contributed by atoms with Gasteiger partial charge < -0.3 is 34.8 Å². The predicted octanol–water partition coefficient (Wildman–Crippen LogP) is 3.64. The molecule has 1 spiro atoms. The number of nitrogens with zero attached hydrogens (tertiary/aromatic N) is 5. The van der Waals surface area contributed by atoms with Gasteiger partial charge in [0.1, 0.15) is 22.1 Å². The minimum Gasteiger partial charge on any atom is -0.444 e. The highest BCUT2D eigenvalue weighted by Crippen LogP contribution is 2.44. The molecule has 224 valence electrons. The van der Waals surface area contributed by atoms with Gasteiger partial charge in [0, 0.05) is 36.1 Å². The molecule has 11 nitrogen and oxygen atoms in total. The number of carbonyl (C=O) groups excluding carboxylic acids is 1. The van der Waals surface area contributed by atoms with Crippen molar-refractivity contribution in [3.8, 4) is 0 Å². The third-order valence-electron chi connectivity index (χ3n) is 8.12. The lowest BCUT2D eigenvalue weighted by molar-refractivity contribution is 0.0434. The van der Waals surface area contributed by atoms with Crippen LogP contribution in [0.2, 0.25) is 5.02 Å². The van der Waals surface area contributed by atoms with E-state index in [1.807, 2.05) is 38.7 Å². The fourth-order valence-electron chi connectivity index (χ4n) is 5.84. The lowest BCUT2D eigenvalue weighted by atomic mass is 9.73. The molecular weight excluding hydrogens is 568 g/mol. The van der Waals surface area contributed by atoms with Gasteiger partial charge >= 0.3 is 6.09 Å². The molecule has 2 aromatic rings. The van der Waals surface area contributed by atoms with Crippen LogP contribution < -0.4 is 15.1 Å². The summed E-state index contributed by atoms with van der Waals surface area (Å²) in [6.07, 6.45) is 5.35. The third-order valence-corrected chi connectivity index (χ3v) is 9.57. The Balaban J connectivity index is 1.26. The van der Waals surface area contributed by atoms with Crippen LogP contribution in [0.15, 0.2) is 28.4 Å². The van der Waals surface area contributed by atoms with Crippen LogP contribution in [-0.2, 0) is 16.1 Å². The van der Waals surface area contributed by atoms with Gasteiger partial charge in [0.05, 0.1) is 49.2 Å². The van der Waals surface area contributed by atoms with Crippen LogP contribution in [0.25, 0.3) is 0 Å². The maximum atomic E-state index is 12.6. The number of aliphatic hydroxyl groups is 2. The first-order valence-electron chi connectivity index (χ1n) is 14.1. The normalized spacial score (nSPS) is 23.9. The number of amides is 1. The molecule has 3 N–H and O–H groups in total. The summed E-state index contributed by atoms with van der Waals surface area (Å²) in [5.74, 6) is 1.31. The summed E-state index contributed by atoms with van der Waals surface area (Å²) >= 11 is 8.07. The summed E-state index contributed by atoms with van der Waals surface area (Å²) in [6, 6.07) is 1.71. The third kappa shape index (κ3) is 6.36. The number of nitrogens with one attached hydrogen (secondary N) is 1. The molecule has 5 rings (SSSR count). The number of rotatable bonds is 7. The molecule has 3 aliphatic heterocycles. The van der Waals surface area contributed by atoms with Gasteiger partial charge in [0.25, 0.3) is 0 Å². The Hall–Kier alpha value is -2.38. The standard InChI is InChI=1S/C28H39ClN6O5S/c1-17-23(33-26(38)40-27(2,3)4)28(16-39-17)7-11-34(12-8-28)24-19(15-37)32-21(13-31-24)41-20-5-9-30-25(22(20)29)35-10-6-18(35)14-36/h5,9,13,17-18,23,36-37H,6-8,10-12,14-16H2,1-4H3,(H,33,38)/t17-,18-,23+/m0/s1. The van der Waals surface area contributed by atoms with E-state index in [1.54, 1.807) is 12.4 Å². The van der Waals surface area contributed by atoms with Crippen LogP contribution in [0.3, 0.4) is 0 Å². The second-order valence-electron chi connectivity index (χ2n) is 12.0. The zero-order valence-corrected chi connectivity index (χ0v) is 25.5. The maximum absolute atomic E-state index is 12.6. The van der Waals surface area contributed by atoms with Crippen LogP contribution in [0.4, 0.5) is 16.4 Å². The van der Waals surface area contributed by atoms with Gasteiger partial charge in [0.2, 0.25) is 0 Å². The molecule has 3 aliphatic rings. The molecular formula is C28H39ClN6O5S. The molecule has 3 saturated heterocycles. The summed E-state index contributed by atoms with van der Waals surface area (Å²) in [6.45, 7) is 10.1. The van der Waals surface area contributed by atoms with Crippen molar-refractivity contribution in [2.24, 2.45) is 5.41 Å². The van der Waals surface area contributed by atoms with Crippen LogP contribution in [0.1, 0.15) is 52.7 Å². The molecule has 3 fully saturated rings. The SMILES string of the molecule is C[C@@H]1OCC2(CCN(c3ncc(Sc4ccnc(N5CC[C@H]5CO)c4Cl)nc3CO)CC2)[C@@H]1NC(=O)OC(C)(C)C. The highest BCUT2D eigenvalue weighted by atomic mass is 35.5. The van der Waals surface area contributed by atoms with Crippen LogP contribution >= 0.6 is 23.4 Å². The van der Waals surface area contributed by atoms with Crippen molar-refractivity contribution in [1.82, 2.24) is 20.3 Å². The molecule has 0 unspecified atom stereocenters. The summed E-state index contributed by atoms with van der Waals surface area (Å²) in [7, 11) is 0. The first-order chi connectivity index (χ1) is 19.5. The Morgan fingerprint density at radius 3 is 2.63 bits per heavy atom. The molecule has 0 saturated carbocycles. The Kier molecular flexibility index (Phi) is 8.87. The van der Waals surface area contributed by atoms with E-state index in [1.165, 1.54) is 11.8 Å². The molecule has 1 amide bonds. The Labute approximate surface area is 250 Å². The van der Waals surface area contributed by atoms with E-state index < -0.39 is 11.7 Å². The number of ether oxygens (including phenoxy) is 2. The van der Waals surface area contributed by atoms with Crippen molar-refractivity contribution in [3.05, 3.63) is 29.2 Å². The second kappa shape index (κ2) is 12.1. The first kappa shape index (κ1) is 30.1. The topological polar surface area (TPSA) is 133 Å². The lowest BCUT2D eigenvalue weighted by Gasteiger charge is -2.43. The van der Waals surface area contributed by atoms with E-state index in [-0.39, 0.29) is 36.8 Å². The average Bonchev–Trinajstić information content (AvgIpc) is 3.19. The fourth-order valence-corrected chi connectivity index (χ4v) is 6.98. The quantitative estimate of drug-likeness (QED) is 0.426. The van der Waals surface area contributed by atoms with Crippen molar-refractivity contribution in [3.63, 3.8) is 0 Å². The van der Waals surface area contributed by atoms with E-state index >= 15 is 0 Å². The molecule has 0 aromatic carbocycles. The van der Waals surface area contributed by atoms with Gasteiger partial charge in [-0.3, -0.25) is 0 Å². The smallest absolute Gasteiger partial charge is 0.407 e. The van der Waals surface area contributed by atoms with E-state index in [0.717, 1.165) is 30.7 Å². The van der Waals surface area contributed by atoms with Crippen molar-refractivity contribution in [1.29, 1.82) is 0 Å². The highest BCUT2D eigenvalue weighted by molar-refractivity contribution is 7.99. The van der Waals surface area contributed by atoms with Gasteiger partial charge in [-0.1, -0.05) is 23.4 Å². The van der Waals surface area contributed by atoms with Gasteiger partial charge in [-0.2, -0.15) is 0 Å². The summed E-state index contributed by atoms with van der Waals surface area (Å²) in [5, 5.41) is 24.0. The number of carbonyl (C=O) groups is 1. The van der Waals surface area contributed by atoms with Gasteiger partial charge in [0.15, 0.2) is 5.82 Å². The maximum Gasteiger partial charge on any atom is 0.407 e. The molecule has 13 heteroatoms. The number of hydrogen-bond donors (Lipinski definition) is 3. The largest absolute Gasteiger partial charge is 0.444 e. The Morgan fingerprint density at radius 2 is 2.00 bits per heavy atom. The molecule has 5 heterocycles. The molecule has 0 bridgehead atoms. The lowest BCUT2D eigenvalue weighted by Crippen LogP contribution is -2.55. The van der Waals surface area contributed by atoms with Crippen molar-refractivity contribution in [2.45, 2.75) is 87.3 Å². The number of aromatic nitrogens is 3. The first-order valence-corrected chi connectivity index (χ1v) is 15.3. The fraction of sp³-hybridized carbons (Fsp3) is 0.643. The molecule has 2 aromatic heterocycles. The minimum atomic E-state index is -0.574. The van der Waals surface area contributed by atoms with Crippen molar-refractivity contribution < 1.29 is 24.5 Å². The number of pyridine rings is 1. The number of alkyl carbamates (subject to hydrolysis) is 1. The van der Waals surface area contributed by atoms with Crippen LogP contribution in [-0.4, -0.2) is 87.9 Å². The van der Waals surface area contributed by atoms with Gasteiger partial charge in [-0.15, -0.1) is 0 Å². The van der Waals surface area contributed by atoms with Gasteiger partial charge in [-0.05, 0) is 53.0 Å². The molecule has 3 atom stereocenters. The minimum absolute atomic E-state index is 0.0337. The second-order valence-corrected chi connectivity index (χ2v) is 13.4. The summed E-state index contributed by atoms with van der Waals surface area (Å²) in [5.41, 5.74) is -0.272. The molecule has 0 radical (unpaired) electrons. The van der Waals surface area contributed by atoms with E-state index in [0.29, 0.717) is 47.1 Å². The van der Waals surface area contributed by atoms with E-state index in [9.17, 15) is 15.0 Å². The molecule has 0 aliphatic carbocycles. The Bertz CT molecular complexity index is 1250. The zero-order valence-electron chi connectivity index (χ0n) is 24.0. The number of hydrogen-bond acceptors (Lipinski definition) is 11. The summed E-state index contributed by atoms with van der Waals surface area (Å²) < 4.78 is 11.5. The summed E-state index contributed by atoms with van der Waals surface area (Å²) in [4.78, 5) is 31.3. The van der Waals surface area contributed by atoms with Gasteiger partial charge in [-0.25, -0.2) is 19.7 Å². The number of anilines is 2. The van der Waals surface area contributed by atoms with E-state index in [4.69, 9.17) is 31.0 Å². The Morgan fingerprint density at radius 1 is 1.24 bits per heavy atom. The zero-order chi connectivity index (χ0) is 29.4. The monoisotopic (exact) mass is 606 g/mol. The number of piperidine rings is 1. The van der Waals surface area contributed by atoms with Crippen LogP contribution in [0.5, 0.6) is 0 Å². The number of aliphatic hydroxyl groups excluding tert-OH is 2. The van der Waals surface area contributed by atoms with Crippen molar-refractivity contribution >= 4 is 41.1 Å². The number of halogens is 1. The highest BCUT2D eigenvalue weighted by Gasteiger charge is 2.50. The van der Waals surface area contributed by atoms with Crippen LogP contribution in [0, 0.1) is 5.41 Å².